The van der Waals surface area contributed by atoms with Gasteiger partial charge in [-0.3, -0.25) is 0 Å². The van der Waals surface area contributed by atoms with Gasteiger partial charge in [-0.25, -0.2) is 0 Å². The zero-order valence-electron chi connectivity index (χ0n) is 5.46. The monoisotopic (exact) mass is 118 g/mol. The van der Waals surface area contributed by atoms with Crippen LogP contribution in [0.5, 0.6) is 0 Å². The van der Waals surface area contributed by atoms with Crippen molar-refractivity contribution in [3.63, 3.8) is 0 Å². The predicted molar refractivity (Wildman–Crippen MR) is 32.5 cm³/mol. The third-order valence-corrected chi connectivity index (χ3v) is 1.55. The molecule has 0 saturated carbocycles. The molecule has 2 atom stereocenters. The molecule has 0 rings (SSSR count). The summed E-state index contributed by atoms with van der Waals surface area (Å²) in [6.45, 7) is 4.17. The molecule has 0 aromatic heterocycles. The maximum Gasteiger partial charge on any atom is 0.0460 e. The number of hydrogen-bond donors (Lipinski definition) is 2. The minimum Gasteiger partial charge on any atom is -0.396 e. The third kappa shape index (κ3) is 2.28. The summed E-state index contributed by atoms with van der Waals surface area (Å²) in [6, 6.07) is 0. The molecule has 0 aliphatic heterocycles. The maximum atomic E-state index is 8.53. The van der Waals surface area contributed by atoms with Gasteiger partial charge in [0.25, 0.3) is 0 Å². The van der Waals surface area contributed by atoms with E-state index in [1.807, 2.05) is 13.8 Å². The van der Waals surface area contributed by atoms with Gasteiger partial charge in [0.05, 0.1) is 0 Å². The fourth-order valence-corrected chi connectivity index (χ4v) is 0.360. The Morgan fingerprint density at radius 2 is 1.25 bits per heavy atom. The summed E-state index contributed by atoms with van der Waals surface area (Å²) in [5.74, 6) is 0.444. The van der Waals surface area contributed by atoms with Crippen LogP contribution in [0.4, 0.5) is 0 Å². The van der Waals surface area contributed by atoms with Gasteiger partial charge in [0.2, 0.25) is 0 Å². The average molecular weight is 118 g/mol. The Bertz CT molecular complexity index is 46.5. The molecule has 8 heavy (non-hydrogen) atoms. The van der Waals surface area contributed by atoms with Gasteiger partial charge in [0.15, 0.2) is 0 Å². The summed E-state index contributed by atoms with van der Waals surface area (Å²) in [6.07, 6.45) is 0. The van der Waals surface area contributed by atoms with E-state index in [1.165, 1.54) is 0 Å². The molecule has 0 radical (unpaired) electrons. The molecule has 1 unspecified atom stereocenters. The van der Waals surface area contributed by atoms with Crippen LogP contribution in [-0.2, 0) is 0 Å². The number of aliphatic hydroxyl groups is 2. The van der Waals surface area contributed by atoms with Crippen LogP contribution in [0.15, 0.2) is 0 Å². The first-order valence-electron chi connectivity index (χ1n) is 2.94. The van der Waals surface area contributed by atoms with Gasteiger partial charge in [-0.1, -0.05) is 13.8 Å². The lowest BCUT2D eigenvalue weighted by molar-refractivity contribution is 0.141. The van der Waals surface area contributed by atoms with E-state index in [1.54, 1.807) is 0 Å². The number of hydrogen-bond acceptors (Lipinski definition) is 2. The van der Waals surface area contributed by atoms with Crippen LogP contribution >= 0.6 is 0 Å². The smallest absolute Gasteiger partial charge is 0.0460 e. The molecule has 2 N–H and O–H groups in total. The molecule has 2 nitrogen and oxygen atoms in total. The second kappa shape index (κ2) is 3.87. The molecule has 0 amide bonds. The molecule has 0 aliphatic rings. The van der Waals surface area contributed by atoms with E-state index in [2.05, 4.69) is 0 Å². The zero-order chi connectivity index (χ0) is 6.57. The first-order chi connectivity index (χ1) is 3.72. The molecule has 0 aromatic carbocycles. The largest absolute Gasteiger partial charge is 0.396 e. The predicted octanol–water partition coefficient (Wildman–Crippen LogP) is 0.243. The number of rotatable bonds is 3. The Balaban J connectivity index is 3.29. The van der Waals surface area contributed by atoms with Crippen molar-refractivity contribution in [1.82, 2.24) is 0 Å². The van der Waals surface area contributed by atoms with Gasteiger partial charge in [0.1, 0.15) is 0 Å². The van der Waals surface area contributed by atoms with Crippen molar-refractivity contribution in [2.24, 2.45) is 11.8 Å². The standard InChI is InChI=1S/C6H14O2/c1-5(3-7)6(2)4-8/h5-8H,3-4H2,1-2H3/t5-,6?/m0/s1. The van der Waals surface area contributed by atoms with Gasteiger partial charge < -0.3 is 10.2 Å². The van der Waals surface area contributed by atoms with Gasteiger partial charge >= 0.3 is 0 Å². The topological polar surface area (TPSA) is 40.5 Å². The van der Waals surface area contributed by atoms with E-state index < -0.39 is 0 Å². The quantitative estimate of drug-likeness (QED) is 0.557. The molecule has 0 bridgehead atoms. The van der Waals surface area contributed by atoms with Gasteiger partial charge in [-0.15, -0.1) is 0 Å². The van der Waals surface area contributed by atoms with Crippen molar-refractivity contribution >= 4 is 0 Å². The van der Waals surface area contributed by atoms with Crippen LogP contribution in [0.3, 0.4) is 0 Å². The normalized spacial score (nSPS) is 18.0. The Labute approximate surface area is 50.2 Å². The Morgan fingerprint density at radius 3 is 1.38 bits per heavy atom. The van der Waals surface area contributed by atoms with Crippen molar-refractivity contribution in [3.05, 3.63) is 0 Å². The van der Waals surface area contributed by atoms with E-state index in [0.29, 0.717) is 0 Å². The van der Waals surface area contributed by atoms with E-state index in [4.69, 9.17) is 10.2 Å². The van der Waals surface area contributed by atoms with E-state index in [9.17, 15) is 0 Å². The van der Waals surface area contributed by atoms with Crippen LogP contribution in [0.2, 0.25) is 0 Å². The van der Waals surface area contributed by atoms with Crippen molar-refractivity contribution in [3.8, 4) is 0 Å². The first-order valence-corrected chi connectivity index (χ1v) is 2.94. The van der Waals surface area contributed by atoms with Crippen LogP contribution in [0, 0.1) is 11.8 Å². The van der Waals surface area contributed by atoms with Gasteiger partial charge in [-0.05, 0) is 11.8 Å². The lowest BCUT2D eigenvalue weighted by Crippen LogP contribution is -2.15. The maximum absolute atomic E-state index is 8.53. The Morgan fingerprint density at radius 1 is 1.00 bits per heavy atom. The molecule has 0 aromatic rings. The zero-order valence-corrected chi connectivity index (χ0v) is 5.46. The van der Waals surface area contributed by atoms with Crippen molar-refractivity contribution < 1.29 is 10.2 Å². The van der Waals surface area contributed by atoms with E-state index in [-0.39, 0.29) is 25.0 Å². The SMILES string of the molecule is CC(CO)[C@@H](C)CO. The molecule has 50 valence electrons. The minimum atomic E-state index is 0.168. The molecular weight excluding hydrogens is 104 g/mol. The lowest BCUT2D eigenvalue weighted by Gasteiger charge is -2.13. The molecule has 2 heteroatoms. The number of aliphatic hydroxyl groups excluding tert-OH is 2. The Kier molecular flexibility index (Phi) is 3.83. The highest BCUT2D eigenvalue weighted by Crippen LogP contribution is 2.07. The van der Waals surface area contributed by atoms with Crippen LogP contribution < -0.4 is 0 Å². The van der Waals surface area contributed by atoms with Crippen molar-refractivity contribution in [1.29, 1.82) is 0 Å². The summed E-state index contributed by atoms with van der Waals surface area (Å²) >= 11 is 0. The fourth-order valence-electron chi connectivity index (χ4n) is 0.360. The molecule has 0 saturated heterocycles. The first kappa shape index (κ1) is 7.92. The molecule has 0 spiro atoms. The highest BCUT2D eigenvalue weighted by molar-refractivity contribution is 4.57. The molecule has 0 aliphatic carbocycles. The van der Waals surface area contributed by atoms with Crippen molar-refractivity contribution in [2.45, 2.75) is 13.8 Å². The summed E-state index contributed by atoms with van der Waals surface area (Å²) in [5, 5.41) is 17.1. The van der Waals surface area contributed by atoms with E-state index in [0.717, 1.165) is 0 Å². The highest BCUT2D eigenvalue weighted by Gasteiger charge is 2.07. The molecule has 0 fully saturated rings. The second-order valence-corrected chi connectivity index (χ2v) is 2.32. The minimum absolute atomic E-state index is 0.168. The summed E-state index contributed by atoms with van der Waals surface area (Å²) < 4.78 is 0. The summed E-state index contributed by atoms with van der Waals surface area (Å²) in [4.78, 5) is 0. The summed E-state index contributed by atoms with van der Waals surface area (Å²) in [5.41, 5.74) is 0. The molecular formula is C6H14O2. The van der Waals surface area contributed by atoms with Gasteiger partial charge in [-0.2, -0.15) is 0 Å². The van der Waals surface area contributed by atoms with E-state index >= 15 is 0 Å². The molecule has 0 heterocycles. The Hall–Kier alpha value is -0.0800. The second-order valence-electron chi connectivity index (χ2n) is 2.32. The third-order valence-electron chi connectivity index (χ3n) is 1.55. The lowest BCUT2D eigenvalue weighted by atomic mass is 9.98. The average Bonchev–Trinajstić information content (AvgIpc) is 1.84. The fraction of sp³-hybridized carbons (Fsp3) is 1.00. The van der Waals surface area contributed by atoms with Crippen LogP contribution in [-0.4, -0.2) is 23.4 Å². The van der Waals surface area contributed by atoms with Crippen LogP contribution in [0.25, 0.3) is 0 Å². The van der Waals surface area contributed by atoms with Gasteiger partial charge in [0, 0.05) is 13.2 Å². The summed E-state index contributed by atoms with van der Waals surface area (Å²) in [7, 11) is 0. The van der Waals surface area contributed by atoms with Crippen LogP contribution in [0.1, 0.15) is 13.8 Å². The highest BCUT2D eigenvalue weighted by atomic mass is 16.3. The van der Waals surface area contributed by atoms with Crippen molar-refractivity contribution in [2.75, 3.05) is 13.2 Å².